The van der Waals surface area contributed by atoms with E-state index in [9.17, 15) is 4.79 Å². The number of carbonyl (C=O) groups excluding carboxylic acids is 1. The molecule has 0 saturated carbocycles. The first-order chi connectivity index (χ1) is 5.75. The van der Waals surface area contributed by atoms with E-state index in [1.54, 1.807) is 0 Å². The number of nitrogens with two attached hydrogens (primary N) is 1. The summed E-state index contributed by atoms with van der Waals surface area (Å²) < 4.78 is 0. The molecule has 2 nitrogen and oxygen atoms in total. The van der Waals surface area contributed by atoms with Crippen LogP contribution >= 0.6 is 0 Å². The van der Waals surface area contributed by atoms with Crippen LogP contribution in [0.4, 0.5) is 0 Å². The van der Waals surface area contributed by atoms with Crippen molar-refractivity contribution in [1.29, 1.82) is 0 Å². The summed E-state index contributed by atoms with van der Waals surface area (Å²) >= 11 is 0. The van der Waals surface area contributed by atoms with Gasteiger partial charge in [0.2, 0.25) is 5.91 Å². The van der Waals surface area contributed by atoms with Gasteiger partial charge in [-0.2, -0.15) is 0 Å². The van der Waals surface area contributed by atoms with Crippen molar-refractivity contribution in [3.05, 3.63) is 11.1 Å². The van der Waals surface area contributed by atoms with Crippen molar-refractivity contribution < 1.29 is 4.79 Å². The predicted molar refractivity (Wildman–Crippen MR) is 49.6 cm³/mol. The first-order valence-corrected chi connectivity index (χ1v) is 4.76. The molecule has 0 atom stereocenters. The highest BCUT2D eigenvalue weighted by atomic mass is 16.1. The number of hydrogen-bond donors (Lipinski definition) is 1. The van der Waals surface area contributed by atoms with Crippen LogP contribution in [0.15, 0.2) is 11.1 Å². The lowest BCUT2D eigenvalue weighted by atomic mass is 9.89. The average Bonchev–Trinajstić information content (AvgIpc) is 2.05. The molecule has 0 heterocycles. The first-order valence-electron chi connectivity index (χ1n) is 4.76. The molecular formula is C10H17NO. The number of primary amides is 1. The van der Waals surface area contributed by atoms with Crippen molar-refractivity contribution in [1.82, 2.24) is 0 Å². The number of allylic oxidation sites excluding steroid dienone is 1. The summed E-state index contributed by atoms with van der Waals surface area (Å²) in [7, 11) is 0. The van der Waals surface area contributed by atoms with E-state index in [-0.39, 0.29) is 5.91 Å². The molecule has 0 fully saturated rings. The monoisotopic (exact) mass is 167 g/mol. The molecule has 1 rings (SSSR count). The molecule has 2 N–H and O–H groups in total. The Morgan fingerprint density at radius 2 is 2.08 bits per heavy atom. The summed E-state index contributed by atoms with van der Waals surface area (Å²) in [5.74, 6) is -0.196. The van der Waals surface area contributed by atoms with Crippen LogP contribution in [-0.2, 0) is 4.79 Å². The van der Waals surface area contributed by atoms with Gasteiger partial charge in [0.15, 0.2) is 0 Å². The summed E-state index contributed by atoms with van der Waals surface area (Å²) in [5.41, 5.74) is 7.53. The molecule has 0 radical (unpaired) electrons. The molecule has 12 heavy (non-hydrogen) atoms. The van der Waals surface area contributed by atoms with Crippen LogP contribution in [-0.4, -0.2) is 5.91 Å². The highest BCUT2D eigenvalue weighted by Crippen LogP contribution is 2.27. The molecule has 0 aliphatic heterocycles. The third kappa shape index (κ3) is 2.10. The Kier molecular flexibility index (Phi) is 3.32. The van der Waals surface area contributed by atoms with Crippen LogP contribution in [0.2, 0.25) is 0 Å². The van der Waals surface area contributed by atoms with Crippen molar-refractivity contribution in [2.45, 2.75) is 45.4 Å². The van der Waals surface area contributed by atoms with E-state index in [1.165, 1.54) is 12.0 Å². The summed E-state index contributed by atoms with van der Waals surface area (Å²) in [5, 5.41) is 0. The fourth-order valence-electron chi connectivity index (χ4n) is 1.84. The molecule has 0 unspecified atom stereocenters. The lowest BCUT2D eigenvalue weighted by Gasteiger charge is -2.17. The third-order valence-electron chi connectivity index (χ3n) is 2.43. The highest BCUT2D eigenvalue weighted by Gasteiger charge is 2.15. The molecule has 1 aliphatic rings. The Morgan fingerprint density at radius 3 is 2.67 bits per heavy atom. The topological polar surface area (TPSA) is 43.1 Å². The van der Waals surface area contributed by atoms with Gasteiger partial charge < -0.3 is 5.73 Å². The molecular weight excluding hydrogens is 150 g/mol. The fourth-order valence-corrected chi connectivity index (χ4v) is 1.84. The molecule has 1 amide bonds. The first kappa shape index (κ1) is 9.30. The van der Waals surface area contributed by atoms with Gasteiger partial charge in [-0.1, -0.05) is 18.9 Å². The number of amides is 1. The summed E-state index contributed by atoms with van der Waals surface area (Å²) in [6.07, 6.45) is 6.53. The van der Waals surface area contributed by atoms with Crippen molar-refractivity contribution >= 4 is 5.91 Å². The molecule has 0 aromatic heterocycles. The van der Waals surface area contributed by atoms with Gasteiger partial charge in [0.05, 0.1) is 0 Å². The maximum absolute atomic E-state index is 11.0. The zero-order valence-corrected chi connectivity index (χ0v) is 7.73. The molecule has 0 aromatic rings. The molecule has 2 heteroatoms. The molecule has 68 valence electrons. The minimum absolute atomic E-state index is 0.196. The van der Waals surface area contributed by atoms with Crippen LogP contribution < -0.4 is 5.73 Å². The fraction of sp³-hybridized carbons (Fsp3) is 0.700. The molecule has 0 bridgehead atoms. The third-order valence-corrected chi connectivity index (χ3v) is 2.43. The van der Waals surface area contributed by atoms with Crippen molar-refractivity contribution in [3.8, 4) is 0 Å². The van der Waals surface area contributed by atoms with Crippen LogP contribution in [0.25, 0.3) is 0 Å². The zero-order chi connectivity index (χ0) is 8.97. The number of carbonyl (C=O) groups is 1. The smallest absolute Gasteiger partial charge is 0.244 e. The van der Waals surface area contributed by atoms with Crippen molar-refractivity contribution in [2.24, 2.45) is 5.73 Å². The minimum Gasteiger partial charge on any atom is -0.366 e. The Balaban J connectivity index is 2.75. The van der Waals surface area contributed by atoms with E-state index in [2.05, 4.69) is 6.92 Å². The van der Waals surface area contributed by atoms with Crippen molar-refractivity contribution in [3.63, 3.8) is 0 Å². The maximum atomic E-state index is 11.0. The van der Waals surface area contributed by atoms with Crippen molar-refractivity contribution in [2.75, 3.05) is 0 Å². The lowest BCUT2D eigenvalue weighted by Crippen LogP contribution is -2.18. The van der Waals surface area contributed by atoms with Gasteiger partial charge in [-0.3, -0.25) is 4.79 Å². The summed E-state index contributed by atoms with van der Waals surface area (Å²) in [6.45, 7) is 2.14. The standard InChI is InChI=1S/C10H17NO/c1-2-5-8-6-3-4-7-9(8)10(11)12/h2-7H2,1H3,(H2,11,12). The highest BCUT2D eigenvalue weighted by molar-refractivity contribution is 5.92. The second-order valence-corrected chi connectivity index (χ2v) is 3.40. The Bertz CT molecular complexity index is 206. The summed E-state index contributed by atoms with van der Waals surface area (Å²) in [6, 6.07) is 0. The molecule has 0 aromatic carbocycles. The zero-order valence-electron chi connectivity index (χ0n) is 7.73. The minimum atomic E-state index is -0.196. The Hall–Kier alpha value is -0.790. The van der Waals surface area contributed by atoms with E-state index >= 15 is 0 Å². The van der Waals surface area contributed by atoms with Gasteiger partial charge in [-0.05, 0) is 32.1 Å². The van der Waals surface area contributed by atoms with E-state index in [1.807, 2.05) is 0 Å². The maximum Gasteiger partial charge on any atom is 0.244 e. The number of rotatable bonds is 3. The van der Waals surface area contributed by atoms with Crippen LogP contribution in [0.1, 0.15) is 45.4 Å². The van der Waals surface area contributed by atoms with Crippen LogP contribution in [0, 0.1) is 0 Å². The molecule has 0 saturated heterocycles. The number of hydrogen-bond acceptors (Lipinski definition) is 1. The SMILES string of the molecule is CCCC1=C(C(N)=O)CCCC1. The van der Waals surface area contributed by atoms with Crippen LogP contribution in [0.5, 0.6) is 0 Å². The Labute approximate surface area is 73.8 Å². The van der Waals surface area contributed by atoms with E-state index in [0.717, 1.165) is 37.7 Å². The largest absolute Gasteiger partial charge is 0.366 e. The van der Waals surface area contributed by atoms with Gasteiger partial charge >= 0.3 is 0 Å². The van der Waals surface area contributed by atoms with E-state index in [0.29, 0.717) is 0 Å². The quantitative estimate of drug-likeness (QED) is 0.687. The average molecular weight is 167 g/mol. The lowest BCUT2D eigenvalue weighted by molar-refractivity contribution is -0.114. The summed E-state index contributed by atoms with van der Waals surface area (Å²) in [4.78, 5) is 11.0. The van der Waals surface area contributed by atoms with Gasteiger partial charge in [0.1, 0.15) is 0 Å². The Morgan fingerprint density at radius 1 is 1.42 bits per heavy atom. The second-order valence-electron chi connectivity index (χ2n) is 3.40. The van der Waals surface area contributed by atoms with E-state index < -0.39 is 0 Å². The van der Waals surface area contributed by atoms with Crippen LogP contribution in [0.3, 0.4) is 0 Å². The van der Waals surface area contributed by atoms with Gasteiger partial charge in [0, 0.05) is 5.57 Å². The van der Waals surface area contributed by atoms with Gasteiger partial charge in [-0.25, -0.2) is 0 Å². The molecule has 1 aliphatic carbocycles. The van der Waals surface area contributed by atoms with Gasteiger partial charge in [0.25, 0.3) is 0 Å². The normalized spacial score (nSPS) is 18.1. The van der Waals surface area contributed by atoms with Gasteiger partial charge in [-0.15, -0.1) is 0 Å². The molecule has 0 spiro atoms. The van der Waals surface area contributed by atoms with E-state index in [4.69, 9.17) is 5.73 Å². The second kappa shape index (κ2) is 4.29. The predicted octanol–water partition coefficient (Wildman–Crippen LogP) is 2.14.